The van der Waals surface area contributed by atoms with E-state index in [1.54, 1.807) is 36.8 Å². The van der Waals surface area contributed by atoms with Crippen LogP contribution in [0.15, 0.2) is 58.6 Å². The minimum Gasteiger partial charge on any atom is -0.507 e. The minimum atomic E-state index is -0.235. The second-order valence-electron chi connectivity index (χ2n) is 15.5. The van der Waals surface area contributed by atoms with Crippen LogP contribution < -0.4 is 4.74 Å². The lowest BCUT2D eigenvalue weighted by Crippen LogP contribution is -2.17. The summed E-state index contributed by atoms with van der Waals surface area (Å²) < 4.78 is 6.02. The summed E-state index contributed by atoms with van der Waals surface area (Å²) in [5.74, 6) is 1.48. The largest absolute Gasteiger partial charge is 0.507 e. The van der Waals surface area contributed by atoms with Gasteiger partial charge in [0.05, 0.1) is 6.61 Å². The summed E-state index contributed by atoms with van der Waals surface area (Å²) in [4.78, 5) is 13.7. The topological polar surface area (TPSA) is 87.3 Å². The molecule has 1 heterocycles. The van der Waals surface area contributed by atoms with Crippen molar-refractivity contribution < 1.29 is 14.9 Å². The first kappa shape index (κ1) is 39.8. The molecule has 0 fully saturated rings. The van der Waals surface area contributed by atoms with Crippen molar-refractivity contribution in [3.05, 3.63) is 70.9 Å². The van der Waals surface area contributed by atoms with Gasteiger partial charge in [0.25, 0.3) is 0 Å². The normalized spacial score (nSPS) is 12.4. The molecule has 0 spiro atoms. The Morgan fingerprint density at radius 3 is 1.86 bits per heavy atom. The van der Waals surface area contributed by atoms with E-state index in [9.17, 15) is 10.2 Å². The van der Waals surface area contributed by atoms with Crippen molar-refractivity contribution in [2.75, 3.05) is 6.61 Å². The molecule has 0 aliphatic rings. The van der Waals surface area contributed by atoms with E-state index in [0.717, 1.165) is 17.5 Å². The highest BCUT2D eigenvalue weighted by molar-refractivity contribution is 5.89. The van der Waals surface area contributed by atoms with Gasteiger partial charge in [0, 0.05) is 35.3 Å². The molecule has 0 unspecified atom stereocenters. The van der Waals surface area contributed by atoms with Crippen LogP contribution in [0.5, 0.6) is 17.2 Å². The van der Waals surface area contributed by atoms with Gasteiger partial charge in [-0.1, -0.05) is 138 Å². The number of aromatic hydroxyl groups is 2. The molecule has 0 saturated heterocycles. The number of aliphatic imine (C=N–C) groups is 2. The number of rotatable bonds is 20. The maximum Gasteiger partial charge on any atom is 0.178 e. The van der Waals surface area contributed by atoms with Gasteiger partial charge in [-0.3, -0.25) is 4.99 Å². The number of benzene rings is 2. The maximum atomic E-state index is 11.2. The zero-order valence-electron chi connectivity index (χ0n) is 31.5. The van der Waals surface area contributed by atoms with Gasteiger partial charge in [0.2, 0.25) is 0 Å². The van der Waals surface area contributed by atoms with E-state index >= 15 is 0 Å². The molecule has 0 radical (unpaired) electrons. The van der Waals surface area contributed by atoms with Crippen LogP contribution in [0.25, 0.3) is 0 Å². The maximum absolute atomic E-state index is 11.2. The Kier molecular flexibility index (Phi) is 16.3. The van der Waals surface area contributed by atoms with E-state index in [1.807, 2.05) is 18.2 Å². The van der Waals surface area contributed by atoms with Crippen LogP contribution in [-0.4, -0.2) is 34.2 Å². The number of hydrogen-bond donors (Lipinski definition) is 2. The van der Waals surface area contributed by atoms with Crippen LogP contribution in [0.4, 0.5) is 11.5 Å². The highest BCUT2D eigenvalue weighted by atomic mass is 16.5. The number of phenolic OH excluding ortho intramolecular Hbond substituents is 2. The van der Waals surface area contributed by atoms with Gasteiger partial charge in [-0.05, 0) is 59.2 Å². The number of hydrogen-bond acceptors (Lipinski definition) is 6. The predicted molar refractivity (Wildman–Crippen MR) is 208 cm³/mol. The van der Waals surface area contributed by atoms with Crippen molar-refractivity contribution in [1.29, 1.82) is 0 Å². The zero-order chi connectivity index (χ0) is 35.7. The van der Waals surface area contributed by atoms with Crippen molar-refractivity contribution in [1.82, 2.24) is 4.98 Å². The van der Waals surface area contributed by atoms with E-state index in [0.29, 0.717) is 35.0 Å². The molecule has 3 rings (SSSR count). The molecular formula is C43H63N3O3. The smallest absolute Gasteiger partial charge is 0.178 e. The third kappa shape index (κ3) is 14.0. The molecule has 2 N–H and O–H groups in total. The summed E-state index contributed by atoms with van der Waals surface area (Å²) >= 11 is 0. The number of pyridine rings is 1. The number of unbranched alkanes of at least 4 members (excludes halogenated alkanes) is 13. The molecule has 6 nitrogen and oxygen atoms in total. The Hall–Kier alpha value is -3.67. The lowest BCUT2D eigenvalue weighted by atomic mass is 9.79. The van der Waals surface area contributed by atoms with Crippen molar-refractivity contribution in [2.45, 2.75) is 149 Å². The van der Waals surface area contributed by atoms with Gasteiger partial charge in [0.15, 0.2) is 5.82 Å². The Balaban J connectivity index is 1.53. The first-order valence-electron chi connectivity index (χ1n) is 18.8. The number of phenols is 2. The van der Waals surface area contributed by atoms with Crippen LogP contribution in [0.2, 0.25) is 0 Å². The highest BCUT2D eigenvalue weighted by Gasteiger charge is 2.24. The van der Waals surface area contributed by atoms with Gasteiger partial charge in [-0.15, -0.1) is 0 Å². The van der Waals surface area contributed by atoms with Crippen LogP contribution in [0.1, 0.15) is 161 Å². The number of aromatic nitrogens is 1. The van der Waals surface area contributed by atoms with Gasteiger partial charge in [-0.2, -0.15) is 0 Å². The fraction of sp³-hybridized carbons (Fsp3) is 0.558. The van der Waals surface area contributed by atoms with Gasteiger partial charge in [0.1, 0.15) is 22.9 Å². The lowest BCUT2D eigenvalue weighted by Gasteiger charge is -2.26. The Labute approximate surface area is 297 Å². The third-order valence-electron chi connectivity index (χ3n) is 9.01. The first-order valence-corrected chi connectivity index (χ1v) is 18.8. The lowest BCUT2D eigenvalue weighted by molar-refractivity contribution is 0.303. The summed E-state index contributed by atoms with van der Waals surface area (Å²) in [5.41, 5.74) is 3.42. The summed E-state index contributed by atoms with van der Waals surface area (Å²) in [6.45, 7) is 15.7. The monoisotopic (exact) mass is 669 g/mol. The quantitative estimate of drug-likeness (QED) is 0.0925. The molecule has 0 aliphatic heterocycles. The van der Waals surface area contributed by atoms with Crippen LogP contribution >= 0.6 is 0 Å². The Morgan fingerprint density at radius 2 is 1.27 bits per heavy atom. The average Bonchev–Trinajstić information content (AvgIpc) is 3.05. The molecule has 6 heteroatoms. The van der Waals surface area contributed by atoms with E-state index in [4.69, 9.17) is 4.74 Å². The third-order valence-corrected chi connectivity index (χ3v) is 9.01. The Morgan fingerprint density at radius 1 is 0.673 bits per heavy atom. The van der Waals surface area contributed by atoms with E-state index in [2.05, 4.69) is 69.5 Å². The minimum absolute atomic E-state index is 0.0941. The molecular weight excluding hydrogens is 606 g/mol. The van der Waals surface area contributed by atoms with Crippen LogP contribution in [0, 0.1) is 0 Å². The summed E-state index contributed by atoms with van der Waals surface area (Å²) in [7, 11) is 0. The van der Waals surface area contributed by atoms with E-state index in [1.165, 1.54) is 83.5 Å². The van der Waals surface area contributed by atoms with Crippen LogP contribution in [0.3, 0.4) is 0 Å². The molecule has 0 bridgehead atoms. The Bertz CT molecular complexity index is 1480. The molecule has 49 heavy (non-hydrogen) atoms. The predicted octanol–water partition coefficient (Wildman–Crippen LogP) is 12.4. The zero-order valence-corrected chi connectivity index (χ0v) is 31.5. The van der Waals surface area contributed by atoms with Crippen molar-refractivity contribution >= 4 is 23.9 Å². The molecule has 268 valence electrons. The average molecular weight is 670 g/mol. The SMILES string of the molecule is CCCCCCCCCCCCCCCCOc1ccc(O)c(C=Nc2cccnc2/N=C/c2cc(C(C)(C)C)cc(C(C)(C)C)c2O)c1. The fourth-order valence-electron chi connectivity index (χ4n) is 5.83. The van der Waals surface area contributed by atoms with Crippen LogP contribution in [-0.2, 0) is 10.8 Å². The summed E-state index contributed by atoms with van der Waals surface area (Å²) in [6.07, 6.45) is 23.5. The van der Waals surface area contributed by atoms with Crippen molar-refractivity contribution in [3.8, 4) is 17.2 Å². The number of nitrogens with zero attached hydrogens (tertiary/aromatic N) is 3. The van der Waals surface area contributed by atoms with Gasteiger partial charge < -0.3 is 14.9 Å². The number of ether oxygens (including phenoxy) is 1. The molecule has 0 aliphatic carbocycles. The second kappa shape index (κ2) is 20.1. The second-order valence-corrected chi connectivity index (χ2v) is 15.5. The fourth-order valence-corrected chi connectivity index (χ4v) is 5.83. The van der Waals surface area contributed by atoms with E-state index < -0.39 is 0 Å². The first-order chi connectivity index (χ1) is 23.4. The van der Waals surface area contributed by atoms with Gasteiger partial charge >= 0.3 is 0 Å². The van der Waals surface area contributed by atoms with Crippen molar-refractivity contribution in [2.24, 2.45) is 9.98 Å². The molecule has 2 aromatic carbocycles. The summed E-state index contributed by atoms with van der Waals surface area (Å²) in [5, 5.41) is 21.7. The molecule has 0 saturated carbocycles. The van der Waals surface area contributed by atoms with E-state index in [-0.39, 0.29) is 22.3 Å². The standard InChI is InChI=1S/C43H63N3O3/c1-8-9-10-11-12-13-14-15-16-17-18-19-20-21-27-49-36-24-25-39(47)33(29-36)31-45-38-23-22-26-44-41(38)46-32-34-28-35(42(2,3)4)30-37(40(34)48)43(5,6)7/h22-26,28-32,47-48H,8-21,27H2,1-7H3/b45-31?,46-32+. The highest BCUT2D eigenvalue weighted by Crippen LogP contribution is 2.37. The van der Waals surface area contributed by atoms with Crippen molar-refractivity contribution in [3.63, 3.8) is 0 Å². The molecule has 0 atom stereocenters. The molecule has 3 aromatic rings. The molecule has 1 aromatic heterocycles. The molecule has 0 amide bonds. The summed E-state index contributed by atoms with van der Waals surface area (Å²) in [6, 6.07) is 13.0. The van der Waals surface area contributed by atoms with Gasteiger partial charge in [-0.25, -0.2) is 9.98 Å².